The first-order valence-corrected chi connectivity index (χ1v) is 4.48. The van der Waals surface area contributed by atoms with Crippen molar-refractivity contribution in [3.63, 3.8) is 0 Å². The van der Waals surface area contributed by atoms with Crippen LogP contribution in [0.3, 0.4) is 0 Å². The summed E-state index contributed by atoms with van der Waals surface area (Å²) in [7, 11) is 0. The van der Waals surface area contributed by atoms with Crippen molar-refractivity contribution >= 4 is 11.5 Å². The number of hydrogen-bond donors (Lipinski definition) is 2. The van der Waals surface area contributed by atoms with Crippen LogP contribution >= 0.6 is 0 Å². The predicted octanol–water partition coefficient (Wildman–Crippen LogP) is 0.327. The summed E-state index contributed by atoms with van der Waals surface area (Å²) in [6.07, 6.45) is 0.368. The van der Waals surface area contributed by atoms with Gasteiger partial charge in [0.15, 0.2) is 5.65 Å². The maximum atomic E-state index is 8.51. The van der Waals surface area contributed by atoms with E-state index >= 15 is 0 Å². The van der Waals surface area contributed by atoms with Gasteiger partial charge in [-0.25, -0.2) is 0 Å². The number of amidine groups is 1. The van der Waals surface area contributed by atoms with E-state index in [2.05, 4.69) is 15.4 Å². The van der Waals surface area contributed by atoms with Gasteiger partial charge >= 0.3 is 0 Å². The second-order valence-corrected chi connectivity index (χ2v) is 3.23. The molecule has 0 aromatic carbocycles. The molecular weight excluding hydrogens is 194 g/mol. The van der Waals surface area contributed by atoms with E-state index in [-0.39, 0.29) is 5.84 Å². The van der Waals surface area contributed by atoms with Crippen LogP contribution in [-0.2, 0) is 6.42 Å². The van der Waals surface area contributed by atoms with Gasteiger partial charge in [-0.1, -0.05) is 11.2 Å². The maximum absolute atomic E-state index is 8.51. The van der Waals surface area contributed by atoms with Crippen molar-refractivity contribution in [3.8, 4) is 0 Å². The highest BCUT2D eigenvalue weighted by atomic mass is 16.4. The molecule has 0 amide bonds. The third-order valence-corrected chi connectivity index (χ3v) is 2.16. The van der Waals surface area contributed by atoms with E-state index in [1.54, 1.807) is 0 Å². The molecule has 0 spiro atoms. The van der Waals surface area contributed by atoms with Crippen LogP contribution in [0.25, 0.3) is 5.65 Å². The van der Waals surface area contributed by atoms with Crippen LogP contribution in [0.15, 0.2) is 23.4 Å². The zero-order valence-corrected chi connectivity index (χ0v) is 8.25. The summed E-state index contributed by atoms with van der Waals surface area (Å²) >= 11 is 0. The molecule has 3 N–H and O–H groups in total. The lowest BCUT2D eigenvalue weighted by Crippen LogP contribution is -2.16. The van der Waals surface area contributed by atoms with Crippen molar-refractivity contribution in [1.82, 2.24) is 14.6 Å². The molecule has 78 valence electrons. The van der Waals surface area contributed by atoms with Crippen LogP contribution in [0, 0.1) is 6.92 Å². The summed E-state index contributed by atoms with van der Waals surface area (Å²) in [6, 6.07) is 5.61. The van der Waals surface area contributed by atoms with Crippen molar-refractivity contribution in [3.05, 3.63) is 29.7 Å². The van der Waals surface area contributed by atoms with Crippen molar-refractivity contribution in [2.45, 2.75) is 13.3 Å². The zero-order valence-electron chi connectivity index (χ0n) is 8.25. The van der Waals surface area contributed by atoms with E-state index < -0.39 is 0 Å². The Morgan fingerprint density at radius 1 is 1.53 bits per heavy atom. The lowest BCUT2D eigenvalue weighted by atomic mass is 10.2. The summed E-state index contributed by atoms with van der Waals surface area (Å²) in [5.41, 5.74) is 7.11. The number of aryl methyl sites for hydroxylation is 1. The first-order valence-electron chi connectivity index (χ1n) is 4.48. The fourth-order valence-corrected chi connectivity index (χ4v) is 1.52. The molecule has 0 unspecified atom stereocenters. The summed E-state index contributed by atoms with van der Waals surface area (Å²) in [6.45, 7) is 1.86. The molecule has 0 saturated carbocycles. The number of rotatable bonds is 2. The van der Waals surface area contributed by atoms with Crippen LogP contribution in [0.5, 0.6) is 0 Å². The van der Waals surface area contributed by atoms with Crippen LogP contribution in [0.4, 0.5) is 0 Å². The Kier molecular flexibility index (Phi) is 2.24. The monoisotopic (exact) mass is 205 g/mol. The van der Waals surface area contributed by atoms with Gasteiger partial charge in [0.05, 0.1) is 0 Å². The van der Waals surface area contributed by atoms with E-state index in [9.17, 15) is 0 Å². The number of fused-ring (bicyclic) bond motifs is 1. The standard InChI is InChI=1S/C9H11N5O/c1-6-11-12-9-4-2-3-7(14(6)9)5-8(10)13-15/h2-4,15H,5H2,1H3,(H2,10,13). The number of hydrogen-bond acceptors (Lipinski definition) is 4. The highest BCUT2D eigenvalue weighted by Crippen LogP contribution is 2.08. The largest absolute Gasteiger partial charge is 0.409 e. The van der Waals surface area contributed by atoms with Gasteiger partial charge in [-0.05, 0) is 19.1 Å². The molecule has 2 heterocycles. The molecule has 15 heavy (non-hydrogen) atoms. The topological polar surface area (TPSA) is 88.8 Å². The molecular formula is C9H11N5O. The second-order valence-electron chi connectivity index (χ2n) is 3.23. The van der Waals surface area contributed by atoms with Gasteiger partial charge in [-0.2, -0.15) is 0 Å². The van der Waals surface area contributed by atoms with E-state index in [1.165, 1.54) is 0 Å². The van der Waals surface area contributed by atoms with Crippen molar-refractivity contribution in [2.75, 3.05) is 0 Å². The molecule has 0 radical (unpaired) electrons. The van der Waals surface area contributed by atoms with E-state index in [0.717, 1.165) is 17.2 Å². The Labute approximate surface area is 86.0 Å². The van der Waals surface area contributed by atoms with Crippen LogP contribution in [0.1, 0.15) is 11.5 Å². The quantitative estimate of drug-likeness (QED) is 0.320. The molecule has 0 bridgehead atoms. The summed E-state index contributed by atoms with van der Waals surface area (Å²) in [4.78, 5) is 0. The minimum absolute atomic E-state index is 0.163. The molecule has 0 aliphatic carbocycles. The molecule has 6 heteroatoms. The van der Waals surface area contributed by atoms with Gasteiger partial charge in [0.25, 0.3) is 0 Å². The van der Waals surface area contributed by atoms with Gasteiger partial charge in [0, 0.05) is 12.1 Å². The summed E-state index contributed by atoms with van der Waals surface area (Å²) < 4.78 is 1.87. The first kappa shape index (κ1) is 9.45. The number of nitrogens with two attached hydrogens (primary N) is 1. The predicted molar refractivity (Wildman–Crippen MR) is 54.8 cm³/mol. The minimum atomic E-state index is 0.163. The number of nitrogens with zero attached hydrogens (tertiary/aromatic N) is 4. The van der Waals surface area contributed by atoms with Crippen LogP contribution in [0.2, 0.25) is 0 Å². The smallest absolute Gasteiger partial charge is 0.160 e. The third-order valence-electron chi connectivity index (χ3n) is 2.16. The van der Waals surface area contributed by atoms with E-state index in [1.807, 2.05) is 29.5 Å². The molecule has 0 aliphatic rings. The molecule has 6 nitrogen and oxygen atoms in total. The van der Waals surface area contributed by atoms with Crippen LogP contribution in [-0.4, -0.2) is 25.6 Å². The Balaban J connectivity index is 2.55. The SMILES string of the molecule is Cc1nnc2cccc(C/C(N)=N/O)n12. The Morgan fingerprint density at radius 2 is 2.33 bits per heavy atom. The van der Waals surface area contributed by atoms with Gasteiger partial charge in [0.2, 0.25) is 0 Å². The number of pyridine rings is 1. The molecule has 0 aliphatic heterocycles. The van der Waals surface area contributed by atoms with Gasteiger partial charge in [-0.3, -0.25) is 4.40 Å². The normalized spacial score (nSPS) is 12.2. The highest BCUT2D eigenvalue weighted by Gasteiger charge is 2.06. The van der Waals surface area contributed by atoms with Crippen molar-refractivity contribution in [2.24, 2.45) is 10.9 Å². The lowest BCUT2D eigenvalue weighted by Gasteiger charge is -2.04. The maximum Gasteiger partial charge on any atom is 0.160 e. The highest BCUT2D eigenvalue weighted by molar-refractivity contribution is 5.81. The molecule has 2 rings (SSSR count). The number of oxime groups is 1. The van der Waals surface area contributed by atoms with E-state index in [0.29, 0.717) is 6.42 Å². The molecule has 0 fully saturated rings. The third kappa shape index (κ3) is 1.61. The first-order chi connectivity index (χ1) is 7.22. The fourth-order valence-electron chi connectivity index (χ4n) is 1.52. The average Bonchev–Trinajstić information content (AvgIpc) is 2.61. The average molecular weight is 205 g/mol. The second kappa shape index (κ2) is 3.56. The Morgan fingerprint density at radius 3 is 3.07 bits per heavy atom. The Hall–Kier alpha value is -2.11. The molecule has 2 aromatic heterocycles. The molecule has 2 aromatic rings. The van der Waals surface area contributed by atoms with Crippen molar-refractivity contribution < 1.29 is 5.21 Å². The number of aromatic nitrogens is 3. The van der Waals surface area contributed by atoms with Gasteiger partial charge in [-0.15, -0.1) is 10.2 Å². The van der Waals surface area contributed by atoms with E-state index in [4.69, 9.17) is 10.9 Å². The van der Waals surface area contributed by atoms with Gasteiger partial charge in [0.1, 0.15) is 11.7 Å². The van der Waals surface area contributed by atoms with Crippen LogP contribution < -0.4 is 5.73 Å². The minimum Gasteiger partial charge on any atom is -0.409 e. The van der Waals surface area contributed by atoms with Gasteiger partial charge < -0.3 is 10.9 Å². The molecule has 0 atom stereocenters. The summed E-state index contributed by atoms with van der Waals surface area (Å²) in [5.74, 6) is 0.946. The van der Waals surface area contributed by atoms with Crippen molar-refractivity contribution in [1.29, 1.82) is 0 Å². The fraction of sp³-hybridized carbons (Fsp3) is 0.222. The zero-order chi connectivity index (χ0) is 10.8. The lowest BCUT2D eigenvalue weighted by molar-refractivity contribution is 0.317. The molecule has 0 saturated heterocycles. The Bertz CT molecular complexity index is 516. The summed E-state index contributed by atoms with van der Waals surface area (Å²) in [5, 5.41) is 19.4.